The third-order valence-corrected chi connectivity index (χ3v) is 3.63. The minimum atomic E-state index is -0.247. The summed E-state index contributed by atoms with van der Waals surface area (Å²) in [6.45, 7) is 5.82. The first-order valence-electron chi connectivity index (χ1n) is 6.21. The van der Waals surface area contributed by atoms with Crippen molar-refractivity contribution >= 4 is 11.9 Å². The molecule has 0 aromatic carbocycles. The molecule has 0 heterocycles. The SMILES string of the molecule is CC(=O)OC[C@@H]1CCCC[C@]1(C)COC(C)=O. The van der Waals surface area contributed by atoms with E-state index in [1.54, 1.807) is 0 Å². The van der Waals surface area contributed by atoms with Gasteiger partial charge in [-0.05, 0) is 12.8 Å². The maximum absolute atomic E-state index is 10.9. The first kappa shape index (κ1) is 14.0. The minimum Gasteiger partial charge on any atom is -0.466 e. The van der Waals surface area contributed by atoms with Crippen LogP contribution in [0.15, 0.2) is 0 Å². The average molecular weight is 242 g/mol. The lowest BCUT2D eigenvalue weighted by Crippen LogP contribution is -2.38. The van der Waals surface area contributed by atoms with Gasteiger partial charge >= 0.3 is 11.9 Å². The van der Waals surface area contributed by atoms with Crippen molar-refractivity contribution < 1.29 is 19.1 Å². The monoisotopic (exact) mass is 242 g/mol. The molecule has 17 heavy (non-hydrogen) atoms. The fourth-order valence-electron chi connectivity index (χ4n) is 2.43. The van der Waals surface area contributed by atoms with Crippen molar-refractivity contribution in [1.29, 1.82) is 0 Å². The first-order chi connectivity index (χ1) is 7.94. The molecule has 1 fully saturated rings. The number of hydrogen-bond donors (Lipinski definition) is 0. The lowest BCUT2D eigenvalue weighted by Gasteiger charge is -2.40. The highest BCUT2D eigenvalue weighted by Crippen LogP contribution is 2.41. The Morgan fingerprint density at radius 1 is 1.18 bits per heavy atom. The predicted octanol–water partition coefficient (Wildman–Crippen LogP) is 2.31. The molecule has 1 rings (SSSR count). The summed E-state index contributed by atoms with van der Waals surface area (Å²) in [5, 5.41) is 0. The van der Waals surface area contributed by atoms with Crippen LogP contribution in [0.2, 0.25) is 0 Å². The van der Waals surface area contributed by atoms with Crippen molar-refractivity contribution in [2.24, 2.45) is 11.3 Å². The van der Waals surface area contributed by atoms with Gasteiger partial charge in [-0.3, -0.25) is 9.59 Å². The molecule has 0 N–H and O–H groups in total. The molecule has 1 aliphatic rings. The molecule has 98 valence electrons. The topological polar surface area (TPSA) is 52.6 Å². The standard InChI is InChI=1S/C13H22O4/c1-10(14)16-8-12-6-4-5-7-13(12,3)9-17-11(2)15/h12H,4-9H2,1-3H3/t12-,13+/m0/s1. The summed E-state index contributed by atoms with van der Waals surface area (Å²) in [5.41, 5.74) is -0.0562. The Morgan fingerprint density at radius 2 is 1.82 bits per heavy atom. The van der Waals surface area contributed by atoms with Crippen LogP contribution in [0.3, 0.4) is 0 Å². The zero-order chi connectivity index (χ0) is 12.9. The normalized spacial score (nSPS) is 28.5. The molecule has 1 saturated carbocycles. The third-order valence-electron chi connectivity index (χ3n) is 3.63. The predicted molar refractivity (Wildman–Crippen MR) is 63.3 cm³/mol. The highest BCUT2D eigenvalue weighted by atomic mass is 16.5. The van der Waals surface area contributed by atoms with Crippen LogP contribution in [0.25, 0.3) is 0 Å². The molecule has 0 amide bonds. The highest BCUT2D eigenvalue weighted by Gasteiger charge is 2.38. The fraction of sp³-hybridized carbons (Fsp3) is 0.846. The van der Waals surface area contributed by atoms with Crippen LogP contribution >= 0.6 is 0 Å². The van der Waals surface area contributed by atoms with Gasteiger partial charge in [0.25, 0.3) is 0 Å². The molecule has 0 aromatic heterocycles. The molecule has 1 aliphatic carbocycles. The van der Waals surface area contributed by atoms with Gasteiger partial charge in [0.15, 0.2) is 0 Å². The van der Waals surface area contributed by atoms with Crippen LogP contribution in [0.1, 0.15) is 46.5 Å². The van der Waals surface area contributed by atoms with E-state index in [9.17, 15) is 9.59 Å². The summed E-state index contributed by atoms with van der Waals surface area (Å²) >= 11 is 0. The van der Waals surface area contributed by atoms with Gasteiger partial charge in [-0.15, -0.1) is 0 Å². The quantitative estimate of drug-likeness (QED) is 0.710. The molecule has 4 heteroatoms. The van der Waals surface area contributed by atoms with E-state index >= 15 is 0 Å². The van der Waals surface area contributed by atoms with E-state index < -0.39 is 0 Å². The number of carbonyl (C=O) groups is 2. The Kier molecular flexibility index (Phi) is 4.97. The molecule has 2 atom stereocenters. The van der Waals surface area contributed by atoms with Crippen LogP contribution in [0, 0.1) is 11.3 Å². The van der Waals surface area contributed by atoms with E-state index in [0.717, 1.165) is 25.7 Å². The highest BCUT2D eigenvalue weighted by molar-refractivity contribution is 5.66. The number of carbonyl (C=O) groups excluding carboxylic acids is 2. The molecule has 0 spiro atoms. The first-order valence-corrected chi connectivity index (χ1v) is 6.21. The van der Waals surface area contributed by atoms with Crippen molar-refractivity contribution in [1.82, 2.24) is 0 Å². The second-order valence-electron chi connectivity index (χ2n) is 5.18. The zero-order valence-corrected chi connectivity index (χ0v) is 11.0. The molecular formula is C13H22O4. The van der Waals surface area contributed by atoms with Crippen molar-refractivity contribution in [3.05, 3.63) is 0 Å². The molecule has 4 nitrogen and oxygen atoms in total. The smallest absolute Gasteiger partial charge is 0.302 e. The Balaban J connectivity index is 2.56. The third kappa shape index (κ3) is 4.36. The second-order valence-corrected chi connectivity index (χ2v) is 5.18. The molecule has 0 radical (unpaired) electrons. The van der Waals surface area contributed by atoms with Gasteiger partial charge in [0.2, 0.25) is 0 Å². The Bertz CT molecular complexity index is 287. The van der Waals surface area contributed by atoms with Crippen LogP contribution in [-0.4, -0.2) is 25.2 Å². The Hall–Kier alpha value is -1.06. The van der Waals surface area contributed by atoms with E-state index in [-0.39, 0.29) is 17.4 Å². The molecule has 0 aromatic rings. The maximum atomic E-state index is 10.9. The fourth-order valence-corrected chi connectivity index (χ4v) is 2.43. The summed E-state index contributed by atoms with van der Waals surface area (Å²) in [5.74, 6) is -0.201. The van der Waals surface area contributed by atoms with E-state index in [0.29, 0.717) is 19.1 Å². The van der Waals surface area contributed by atoms with Crippen molar-refractivity contribution in [3.63, 3.8) is 0 Å². The largest absolute Gasteiger partial charge is 0.466 e. The van der Waals surface area contributed by atoms with Gasteiger partial charge in [0.1, 0.15) is 0 Å². The summed E-state index contributed by atoms with van der Waals surface area (Å²) in [6, 6.07) is 0. The van der Waals surface area contributed by atoms with Crippen molar-refractivity contribution in [3.8, 4) is 0 Å². The molecule has 0 saturated heterocycles. The number of ether oxygens (including phenoxy) is 2. The summed E-state index contributed by atoms with van der Waals surface area (Å²) in [6.07, 6.45) is 4.35. The van der Waals surface area contributed by atoms with E-state index in [4.69, 9.17) is 9.47 Å². The molecule has 0 aliphatic heterocycles. The van der Waals surface area contributed by atoms with Crippen LogP contribution in [-0.2, 0) is 19.1 Å². The molecule has 0 bridgehead atoms. The van der Waals surface area contributed by atoms with Gasteiger partial charge in [0.05, 0.1) is 13.2 Å². The van der Waals surface area contributed by atoms with Crippen LogP contribution < -0.4 is 0 Å². The maximum Gasteiger partial charge on any atom is 0.302 e. The van der Waals surface area contributed by atoms with E-state index in [1.165, 1.54) is 13.8 Å². The van der Waals surface area contributed by atoms with Crippen LogP contribution in [0.4, 0.5) is 0 Å². The van der Waals surface area contributed by atoms with Gasteiger partial charge < -0.3 is 9.47 Å². The molecule has 0 unspecified atom stereocenters. The zero-order valence-electron chi connectivity index (χ0n) is 11.0. The van der Waals surface area contributed by atoms with Gasteiger partial charge in [-0.2, -0.15) is 0 Å². The number of rotatable bonds is 4. The summed E-state index contributed by atoms with van der Waals surface area (Å²) in [4.78, 5) is 21.7. The van der Waals surface area contributed by atoms with Crippen molar-refractivity contribution in [2.45, 2.75) is 46.5 Å². The van der Waals surface area contributed by atoms with Gasteiger partial charge in [0, 0.05) is 25.2 Å². The van der Waals surface area contributed by atoms with E-state index in [2.05, 4.69) is 6.92 Å². The second kappa shape index (κ2) is 6.03. The minimum absolute atomic E-state index is 0.0562. The summed E-state index contributed by atoms with van der Waals surface area (Å²) < 4.78 is 10.2. The Labute approximate surface area is 103 Å². The van der Waals surface area contributed by atoms with Gasteiger partial charge in [-0.25, -0.2) is 0 Å². The number of esters is 2. The van der Waals surface area contributed by atoms with Crippen LogP contribution in [0.5, 0.6) is 0 Å². The Morgan fingerprint density at radius 3 is 2.41 bits per heavy atom. The van der Waals surface area contributed by atoms with Crippen molar-refractivity contribution in [2.75, 3.05) is 13.2 Å². The lowest BCUT2D eigenvalue weighted by molar-refractivity contribution is -0.152. The van der Waals surface area contributed by atoms with Gasteiger partial charge in [-0.1, -0.05) is 19.8 Å². The number of hydrogen-bond acceptors (Lipinski definition) is 4. The lowest BCUT2D eigenvalue weighted by atomic mass is 9.68. The molecular weight excluding hydrogens is 220 g/mol. The summed E-state index contributed by atoms with van der Waals surface area (Å²) in [7, 11) is 0. The van der Waals surface area contributed by atoms with E-state index in [1.807, 2.05) is 0 Å². The average Bonchev–Trinajstić information content (AvgIpc) is 2.25.